The van der Waals surface area contributed by atoms with Gasteiger partial charge in [-0.15, -0.1) is 11.3 Å². The quantitative estimate of drug-likeness (QED) is 0.342. The summed E-state index contributed by atoms with van der Waals surface area (Å²) < 4.78 is 6.79. The third-order valence-corrected chi connectivity index (χ3v) is 17.2. The number of thiazole rings is 1. The van der Waals surface area contributed by atoms with Gasteiger partial charge in [0.25, 0.3) is 0 Å². The van der Waals surface area contributed by atoms with Gasteiger partial charge in [-0.25, -0.2) is 4.98 Å². The van der Waals surface area contributed by atoms with Crippen LogP contribution >= 0.6 is 11.3 Å². The van der Waals surface area contributed by atoms with E-state index in [1.165, 1.54) is 56.2 Å². The lowest BCUT2D eigenvalue weighted by Crippen LogP contribution is -2.68. The number of fused-ring (bicyclic) bond motifs is 5. The van der Waals surface area contributed by atoms with Gasteiger partial charge in [0.1, 0.15) is 5.78 Å². The van der Waals surface area contributed by atoms with Crippen LogP contribution in [0, 0.1) is 68.5 Å². The lowest BCUT2D eigenvalue weighted by Gasteiger charge is -2.73. The van der Waals surface area contributed by atoms with Crippen LogP contribution < -0.4 is 0 Å². The summed E-state index contributed by atoms with van der Waals surface area (Å²) in [4.78, 5) is 20.4. The van der Waals surface area contributed by atoms with Gasteiger partial charge < -0.3 is 4.74 Å². The van der Waals surface area contributed by atoms with Crippen LogP contribution in [0.2, 0.25) is 0 Å². The SMILES string of the molecule is Cc1ncsc1[C@H]1C[C@@]12C[C@@]1(C)[C@H](CC[C@]3(C)[C@@H]1CC[C@@H]1[C@@H]4[C@H]5OC[C@@]4(CCC5(C)C)CC[C@]13C)C(C)(C)C2=O. The molecular formula is C36H53NO2S. The molecule has 11 atom stereocenters. The maximum Gasteiger partial charge on any atom is 0.145 e. The van der Waals surface area contributed by atoms with Crippen LogP contribution in [-0.2, 0) is 9.53 Å². The molecule has 6 saturated carbocycles. The van der Waals surface area contributed by atoms with E-state index < -0.39 is 0 Å². The Morgan fingerprint density at radius 3 is 2.38 bits per heavy atom. The Labute approximate surface area is 247 Å². The summed E-state index contributed by atoms with van der Waals surface area (Å²) in [6.07, 6.45) is 13.4. The number of carbonyl (C=O) groups excluding carboxylic acids is 1. The minimum atomic E-state index is -0.240. The Morgan fingerprint density at radius 1 is 0.900 bits per heavy atom. The number of aromatic nitrogens is 1. The molecule has 3 nitrogen and oxygen atoms in total. The van der Waals surface area contributed by atoms with Crippen LogP contribution in [0.3, 0.4) is 0 Å². The zero-order valence-electron chi connectivity index (χ0n) is 26.5. The lowest BCUT2D eigenvalue weighted by molar-refractivity contribution is -0.244. The number of nitrogens with zero attached hydrogens (tertiary/aromatic N) is 1. The number of ketones is 1. The number of hydrogen-bond donors (Lipinski definition) is 0. The van der Waals surface area contributed by atoms with Crippen molar-refractivity contribution in [3.05, 3.63) is 16.1 Å². The highest BCUT2D eigenvalue weighted by atomic mass is 32.1. The van der Waals surface area contributed by atoms with Gasteiger partial charge in [0.2, 0.25) is 0 Å². The topological polar surface area (TPSA) is 39.2 Å². The van der Waals surface area contributed by atoms with E-state index in [-0.39, 0.29) is 16.2 Å². The fourth-order valence-electron chi connectivity index (χ4n) is 14.1. The monoisotopic (exact) mass is 563 g/mol. The Bertz CT molecular complexity index is 1280. The summed E-state index contributed by atoms with van der Waals surface area (Å²) in [7, 11) is 0. The van der Waals surface area contributed by atoms with E-state index >= 15 is 0 Å². The molecule has 220 valence electrons. The molecule has 2 heterocycles. The van der Waals surface area contributed by atoms with E-state index in [9.17, 15) is 4.79 Å². The number of rotatable bonds is 1. The van der Waals surface area contributed by atoms with Crippen LogP contribution in [0.15, 0.2) is 5.51 Å². The fraction of sp³-hybridized carbons (Fsp3) is 0.889. The van der Waals surface area contributed by atoms with Gasteiger partial charge in [-0.3, -0.25) is 4.79 Å². The summed E-state index contributed by atoms with van der Waals surface area (Å²) in [5.41, 5.74) is 4.46. The average molecular weight is 564 g/mol. The van der Waals surface area contributed by atoms with Gasteiger partial charge in [0, 0.05) is 21.6 Å². The van der Waals surface area contributed by atoms with Crippen molar-refractivity contribution in [3.63, 3.8) is 0 Å². The molecule has 7 aliphatic rings. The third-order valence-electron chi connectivity index (χ3n) is 16.2. The molecule has 1 aromatic rings. The fourth-order valence-corrected chi connectivity index (χ4v) is 15.1. The van der Waals surface area contributed by atoms with E-state index in [0.717, 1.165) is 37.0 Å². The molecule has 0 unspecified atom stereocenters. The van der Waals surface area contributed by atoms with Crippen molar-refractivity contribution in [1.29, 1.82) is 0 Å². The summed E-state index contributed by atoms with van der Waals surface area (Å²) in [6, 6.07) is 0. The Hall–Kier alpha value is -0.740. The van der Waals surface area contributed by atoms with Crippen molar-refractivity contribution in [2.45, 2.75) is 132 Å². The minimum Gasteiger partial charge on any atom is -0.377 e. The first-order chi connectivity index (χ1) is 18.7. The van der Waals surface area contributed by atoms with Gasteiger partial charge in [-0.2, -0.15) is 0 Å². The molecule has 4 heteroatoms. The molecular weight excluding hydrogens is 510 g/mol. The number of hydrogen-bond acceptors (Lipinski definition) is 4. The molecule has 2 bridgehead atoms. The molecule has 1 saturated heterocycles. The highest BCUT2D eigenvalue weighted by Gasteiger charge is 2.77. The average Bonchev–Trinajstić information content (AvgIpc) is 3.23. The normalized spacial score (nSPS) is 55.2. The standard InChI is InChI=1S/C36H53NO2S/c1-21-27(40-20-37-21)23-17-36(23)18-32(6)24(31(4,5)29(36)38)11-12-34(8)25(32)10-9-22-26-28-30(2,3)13-15-35(26,19-39-28)16-14-33(22,34)7/h20,22-26,28H,9-19H2,1-8H3/t22-,23-,24-,25-,26-,28-,32+,33-,34-,35-,36-/m1/s1. The Balaban J connectivity index is 1.19. The summed E-state index contributed by atoms with van der Waals surface area (Å²) in [6.45, 7) is 21.0. The molecule has 1 aromatic heterocycles. The van der Waals surface area contributed by atoms with Crippen molar-refractivity contribution in [2.75, 3.05) is 6.61 Å². The van der Waals surface area contributed by atoms with Crippen molar-refractivity contribution in [2.24, 2.45) is 61.6 Å². The predicted octanol–water partition coefficient (Wildman–Crippen LogP) is 8.99. The van der Waals surface area contributed by atoms with Crippen molar-refractivity contribution in [3.8, 4) is 0 Å². The van der Waals surface area contributed by atoms with Gasteiger partial charge in [-0.1, -0.05) is 48.5 Å². The highest BCUT2D eigenvalue weighted by Crippen LogP contribution is 2.81. The van der Waals surface area contributed by atoms with Crippen molar-refractivity contribution >= 4 is 17.1 Å². The maximum absolute atomic E-state index is 14.4. The molecule has 0 amide bonds. The molecule has 7 fully saturated rings. The van der Waals surface area contributed by atoms with E-state index in [1.54, 1.807) is 11.3 Å². The first kappa shape index (κ1) is 26.9. The third kappa shape index (κ3) is 2.89. The number of aryl methyl sites for hydroxylation is 1. The van der Waals surface area contributed by atoms with Crippen molar-refractivity contribution in [1.82, 2.24) is 4.98 Å². The second-order valence-corrected chi connectivity index (χ2v) is 19.1. The molecule has 0 aromatic carbocycles. The zero-order valence-corrected chi connectivity index (χ0v) is 27.3. The lowest BCUT2D eigenvalue weighted by atomic mass is 9.31. The second kappa shape index (κ2) is 7.66. The van der Waals surface area contributed by atoms with Crippen LogP contribution in [0.25, 0.3) is 0 Å². The van der Waals surface area contributed by atoms with E-state index in [4.69, 9.17) is 4.74 Å². The number of Topliss-reactive ketones (excluding diaryl/α,β-unsaturated/α-hetero) is 1. The summed E-state index contributed by atoms with van der Waals surface area (Å²) >= 11 is 1.80. The largest absolute Gasteiger partial charge is 0.377 e. The Morgan fingerprint density at radius 2 is 1.65 bits per heavy atom. The molecule has 0 radical (unpaired) electrons. The van der Waals surface area contributed by atoms with Gasteiger partial charge >= 0.3 is 0 Å². The van der Waals surface area contributed by atoms with Crippen molar-refractivity contribution < 1.29 is 9.53 Å². The Kier molecular flexibility index (Phi) is 5.14. The maximum atomic E-state index is 14.4. The zero-order chi connectivity index (χ0) is 28.3. The van der Waals surface area contributed by atoms with E-state index in [0.29, 0.717) is 51.3 Å². The van der Waals surface area contributed by atoms with Crippen LogP contribution in [0.5, 0.6) is 0 Å². The van der Waals surface area contributed by atoms with Crippen LogP contribution in [0.4, 0.5) is 0 Å². The summed E-state index contributed by atoms with van der Waals surface area (Å²) in [5, 5.41) is 0. The number of carbonyl (C=O) groups is 1. The van der Waals surface area contributed by atoms with E-state index in [1.807, 2.05) is 5.51 Å². The highest BCUT2D eigenvalue weighted by molar-refractivity contribution is 7.09. The number of ether oxygens (including phenoxy) is 1. The van der Waals surface area contributed by atoms with Gasteiger partial charge in [0.15, 0.2) is 0 Å². The smallest absolute Gasteiger partial charge is 0.145 e. The first-order valence-electron chi connectivity index (χ1n) is 16.7. The van der Waals surface area contributed by atoms with Gasteiger partial charge in [-0.05, 0) is 122 Å². The van der Waals surface area contributed by atoms with Crippen LogP contribution in [0.1, 0.15) is 129 Å². The summed E-state index contributed by atoms with van der Waals surface area (Å²) in [5.74, 6) is 3.73. The minimum absolute atomic E-state index is 0.154. The predicted molar refractivity (Wildman–Crippen MR) is 161 cm³/mol. The second-order valence-electron chi connectivity index (χ2n) is 18.2. The van der Waals surface area contributed by atoms with Gasteiger partial charge in [0.05, 0.1) is 23.9 Å². The molecule has 6 aliphatic carbocycles. The van der Waals surface area contributed by atoms with Crippen LogP contribution in [-0.4, -0.2) is 23.5 Å². The first-order valence-corrected chi connectivity index (χ1v) is 17.6. The molecule has 1 spiro atoms. The molecule has 8 rings (SSSR count). The molecule has 0 N–H and O–H groups in total. The molecule has 1 aliphatic heterocycles. The van der Waals surface area contributed by atoms with E-state index in [2.05, 4.69) is 60.4 Å². The molecule has 40 heavy (non-hydrogen) atoms.